The monoisotopic (exact) mass is 257 g/mol. The van der Waals surface area contributed by atoms with Crippen molar-refractivity contribution in [1.82, 2.24) is 9.88 Å². The summed E-state index contributed by atoms with van der Waals surface area (Å²) in [6.45, 7) is 2.33. The summed E-state index contributed by atoms with van der Waals surface area (Å²) in [6, 6.07) is 8.90. The molecule has 0 saturated carbocycles. The molecule has 4 nitrogen and oxygen atoms in total. The van der Waals surface area contributed by atoms with E-state index in [2.05, 4.69) is 40.4 Å². The summed E-state index contributed by atoms with van der Waals surface area (Å²) >= 11 is 0. The van der Waals surface area contributed by atoms with E-state index in [1.54, 1.807) is 6.20 Å². The molecule has 1 aromatic carbocycles. The van der Waals surface area contributed by atoms with Gasteiger partial charge in [-0.15, -0.1) is 0 Å². The number of likely N-dealkylation sites (tertiary alicyclic amines) is 1. The number of anilines is 1. The summed E-state index contributed by atoms with van der Waals surface area (Å²) in [5.74, 6) is 0.812. The van der Waals surface area contributed by atoms with Crippen molar-refractivity contribution in [3.8, 4) is 11.3 Å². The third-order valence-corrected chi connectivity index (χ3v) is 3.67. The van der Waals surface area contributed by atoms with Crippen LogP contribution in [0, 0.1) is 0 Å². The number of nitrogens with one attached hydrogen (secondary N) is 1. The van der Waals surface area contributed by atoms with Crippen LogP contribution in [0.25, 0.3) is 11.3 Å². The summed E-state index contributed by atoms with van der Waals surface area (Å²) in [5.41, 5.74) is 2.22. The molecule has 1 N–H and O–H groups in total. The van der Waals surface area contributed by atoms with Crippen LogP contribution in [0.1, 0.15) is 12.8 Å². The minimum atomic E-state index is 0.571. The SMILES string of the molecule is CN1CCC(Nc2cccc(-c3cnco3)c2)CC1. The van der Waals surface area contributed by atoms with E-state index in [1.165, 1.54) is 32.3 Å². The van der Waals surface area contributed by atoms with E-state index in [1.807, 2.05) is 6.07 Å². The first-order valence-corrected chi connectivity index (χ1v) is 6.75. The Labute approximate surface area is 113 Å². The normalized spacial score (nSPS) is 17.5. The quantitative estimate of drug-likeness (QED) is 0.918. The van der Waals surface area contributed by atoms with Crippen molar-refractivity contribution in [3.63, 3.8) is 0 Å². The Balaban J connectivity index is 1.70. The molecule has 2 aromatic rings. The lowest BCUT2D eigenvalue weighted by molar-refractivity contribution is 0.264. The van der Waals surface area contributed by atoms with Crippen LogP contribution in [0.15, 0.2) is 41.3 Å². The minimum absolute atomic E-state index is 0.571. The van der Waals surface area contributed by atoms with E-state index in [0.29, 0.717) is 6.04 Å². The van der Waals surface area contributed by atoms with Gasteiger partial charge in [0.2, 0.25) is 0 Å². The van der Waals surface area contributed by atoms with Crippen LogP contribution in [-0.2, 0) is 0 Å². The third kappa shape index (κ3) is 2.96. The number of hydrogen-bond acceptors (Lipinski definition) is 4. The van der Waals surface area contributed by atoms with Crippen LogP contribution in [0.5, 0.6) is 0 Å². The van der Waals surface area contributed by atoms with Gasteiger partial charge in [-0.1, -0.05) is 12.1 Å². The van der Waals surface area contributed by atoms with E-state index in [0.717, 1.165) is 17.0 Å². The smallest absolute Gasteiger partial charge is 0.181 e. The Kier molecular flexibility index (Phi) is 3.51. The fourth-order valence-corrected chi connectivity index (χ4v) is 2.51. The lowest BCUT2D eigenvalue weighted by Gasteiger charge is -2.30. The number of nitrogens with zero attached hydrogens (tertiary/aromatic N) is 2. The average Bonchev–Trinajstić information content (AvgIpc) is 2.96. The molecule has 1 aliphatic heterocycles. The lowest BCUT2D eigenvalue weighted by atomic mass is 10.0. The molecule has 0 amide bonds. The second kappa shape index (κ2) is 5.45. The Bertz CT molecular complexity index is 516. The van der Waals surface area contributed by atoms with Gasteiger partial charge in [-0.2, -0.15) is 0 Å². The maximum atomic E-state index is 5.33. The number of rotatable bonds is 3. The molecule has 19 heavy (non-hydrogen) atoms. The summed E-state index contributed by atoms with van der Waals surface area (Å²) in [6.07, 6.45) is 5.60. The first kappa shape index (κ1) is 12.2. The molecule has 3 rings (SSSR count). The van der Waals surface area contributed by atoms with Gasteiger partial charge in [0, 0.05) is 17.3 Å². The Hall–Kier alpha value is -1.81. The van der Waals surface area contributed by atoms with Crippen molar-refractivity contribution in [3.05, 3.63) is 36.9 Å². The zero-order chi connectivity index (χ0) is 13.1. The summed E-state index contributed by atoms with van der Waals surface area (Å²) in [7, 11) is 2.18. The van der Waals surface area contributed by atoms with Gasteiger partial charge in [-0.25, -0.2) is 4.98 Å². The Morgan fingerprint density at radius 3 is 2.89 bits per heavy atom. The van der Waals surface area contributed by atoms with Crippen LogP contribution >= 0.6 is 0 Å². The number of piperidine rings is 1. The second-order valence-electron chi connectivity index (χ2n) is 5.17. The third-order valence-electron chi connectivity index (χ3n) is 3.67. The van der Waals surface area contributed by atoms with Gasteiger partial charge >= 0.3 is 0 Å². The fourth-order valence-electron chi connectivity index (χ4n) is 2.51. The van der Waals surface area contributed by atoms with Gasteiger partial charge < -0.3 is 14.6 Å². The standard InChI is InChI=1S/C15H19N3O/c1-18-7-5-13(6-8-18)17-14-4-2-3-12(9-14)15-10-16-11-19-15/h2-4,9-11,13,17H,5-8H2,1H3. The predicted octanol–water partition coefficient (Wildman–Crippen LogP) is 2.85. The minimum Gasteiger partial charge on any atom is -0.444 e. The summed E-state index contributed by atoms with van der Waals surface area (Å²) in [4.78, 5) is 6.34. The molecule has 0 radical (unpaired) electrons. The highest BCUT2D eigenvalue weighted by molar-refractivity contribution is 5.63. The highest BCUT2D eigenvalue weighted by Gasteiger charge is 2.16. The van der Waals surface area contributed by atoms with Crippen molar-refractivity contribution < 1.29 is 4.42 Å². The van der Waals surface area contributed by atoms with Crippen molar-refractivity contribution in [2.24, 2.45) is 0 Å². The van der Waals surface area contributed by atoms with E-state index in [4.69, 9.17) is 4.42 Å². The van der Waals surface area contributed by atoms with E-state index in [9.17, 15) is 0 Å². The van der Waals surface area contributed by atoms with Gasteiger partial charge in [0.25, 0.3) is 0 Å². The number of oxazole rings is 1. The Morgan fingerprint density at radius 2 is 2.16 bits per heavy atom. The zero-order valence-electron chi connectivity index (χ0n) is 11.2. The van der Waals surface area contributed by atoms with Gasteiger partial charge in [0.15, 0.2) is 12.2 Å². The Morgan fingerprint density at radius 1 is 1.32 bits per heavy atom. The highest BCUT2D eigenvalue weighted by atomic mass is 16.3. The number of benzene rings is 1. The molecular formula is C15H19N3O. The molecular weight excluding hydrogens is 238 g/mol. The second-order valence-corrected chi connectivity index (χ2v) is 5.17. The topological polar surface area (TPSA) is 41.3 Å². The number of hydrogen-bond donors (Lipinski definition) is 1. The summed E-state index contributed by atoms with van der Waals surface area (Å²) < 4.78 is 5.33. The first-order chi connectivity index (χ1) is 9.31. The fraction of sp³-hybridized carbons (Fsp3) is 0.400. The van der Waals surface area contributed by atoms with Crippen LogP contribution < -0.4 is 5.32 Å². The summed E-state index contributed by atoms with van der Waals surface area (Å²) in [5, 5.41) is 3.62. The van der Waals surface area contributed by atoms with Crippen molar-refractivity contribution >= 4 is 5.69 Å². The molecule has 1 saturated heterocycles. The highest BCUT2D eigenvalue weighted by Crippen LogP contribution is 2.23. The molecule has 1 fully saturated rings. The molecule has 1 aromatic heterocycles. The van der Waals surface area contributed by atoms with Crippen LogP contribution in [0.2, 0.25) is 0 Å². The molecule has 4 heteroatoms. The van der Waals surface area contributed by atoms with E-state index in [-0.39, 0.29) is 0 Å². The molecule has 0 aliphatic carbocycles. The predicted molar refractivity (Wildman–Crippen MR) is 76.1 cm³/mol. The van der Waals surface area contributed by atoms with Crippen LogP contribution in [0.3, 0.4) is 0 Å². The molecule has 0 unspecified atom stereocenters. The molecule has 2 heterocycles. The maximum absolute atomic E-state index is 5.33. The van der Waals surface area contributed by atoms with E-state index < -0.39 is 0 Å². The van der Waals surface area contributed by atoms with Crippen LogP contribution in [-0.4, -0.2) is 36.1 Å². The average molecular weight is 257 g/mol. The maximum Gasteiger partial charge on any atom is 0.181 e. The van der Waals surface area contributed by atoms with Gasteiger partial charge in [0.05, 0.1) is 6.20 Å². The van der Waals surface area contributed by atoms with Gasteiger partial charge in [-0.05, 0) is 45.1 Å². The number of aromatic nitrogens is 1. The van der Waals surface area contributed by atoms with Crippen molar-refractivity contribution in [2.75, 3.05) is 25.5 Å². The lowest BCUT2D eigenvalue weighted by Crippen LogP contribution is -2.36. The zero-order valence-corrected chi connectivity index (χ0v) is 11.2. The van der Waals surface area contributed by atoms with Crippen molar-refractivity contribution in [1.29, 1.82) is 0 Å². The first-order valence-electron chi connectivity index (χ1n) is 6.75. The van der Waals surface area contributed by atoms with Gasteiger partial charge in [0.1, 0.15) is 0 Å². The van der Waals surface area contributed by atoms with Gasteiger partial charge in [-0.3, -0.25) is 0 Å². The molecule has 100 valence electrons. The van der Waals surface area contributed by atoms with Crippen LogP contribution in [0.4, 0.5) is 5.69 Å². The largest absolute Gasteiger partial charge is 0.444 e. The molecule has 0 bridgehead atoms. The molecule has 1 aliphatic rings. The molecule has 0 spiro atoms. The van der Waals surface area contributed by atoms with E-state index >= 15 is 0 Å². The molecule has 0 atom stereocenters. The van der Waals surface area contributed by atoms with Crippen molar-refractivity contribution in [2.45, 2.75) is 18.9 Å².